The van der Waals surface area contributed by atoms with E-state index in [4.69, 9.17) is 9.16 Å². The van der Waals surface area contributed by atoms with Gasteiger partial charge in [0.1, 0.15) is 0 Å². The number of rotatable bonds is 6. The Morgan fingerprint density at radius 2 is 2.31 bits per heavy atom. The molecule has 1 unspecified atom stereocenters. The maximum atomic E-state index is 10.9. The predicted molar refractivity (Wildman–Crippen MR) is 59.6 cm³/mol. The van der Waals surface area contributed by atoms with Crippen LogP contribution in [0, 0.1) is 0 Å². The van der Waals surface area contributed by atoms with Crippen LogP contribution in [-0.4, -0.2) is 38.3 Å². The number of esters is 1. The van der Waals surface area contributed by atoms with Crippen molar-refractivity contribution in [2.24, 2.45) is 0 Å². The second-order valence-electron chi connectivity index (χ2n) is 2.97. The number of carbonyl (C=O) groups is 1. The predicted octanol–water partition coefficient (Wildman–Crippen LogP) is -0.664. The van der Waals surface area contributed by atoms with Gasteiger partial charge in [-0.2, -0.15) is 0 Å². The molecule has 0 bridgehead atoms. The first-order chi connectivity index (χ1) is 6.07. The molecule has 0 spiro atoms. The topological polar surface area (TPSA) is 35.5 Å². The number of hydrogen-bond donors (Lipinski definition) is 0. The summed E-state index contributed by atoms with van der Waals surface area (Å²) in [7, 11) is 0.684. The first-order valence-electron chi connectivity index (χ1n) is 4.52. The standard InChI is InChI=1S/C8H18O3Si2/c1-6(2)8(9)10-5-4-7(12)11-13-3/h7H,1,4-5,13H2,2-3,12H3. The van der Waals surface area contributed by atoms with Crippen molar-refractivity contribution in [2.75, 3.05) is 6.61 Å². The van der Waals surface area contributed by atoms with E-state index < -0.39 is 0 Å². The van der Waals surface area contributed by atoms with Gasteiger partial charge < -0.3 is 9.16 Å². The van der Waals surface area contributed by atoms with Crippen molar-refractivity contribution in [1.82, 2.24) is 0 Å². The van der Waals surface area contributed by atoms with E-state index in [-0.39, 0.29) is 15.7 Å². The van der Waals surface area contributed by atoms with Gasteiger partial charge in [0, 0.05) is 28.0 Å². The van der Waals surface area contributed by atoms with E-state index in [1.54, 1.807) is 6.92 Å². The molecule has 0 heterocycles. The van der Waals surface area contributed by atoms with Crippen LogP contribution in [0.5, 0.6) is 0 Å². The third-order valence-corrected chi connectivity index (χ3v) is 4.04. The van der Waals surface area contributed by atoms with E-state index in [9.17, 15) is 4.79 Å². The molecule has 0 saturated heterocycles. The quantitative estimate of drug-likeness (QED) is 0.337. The van der Waals surface area contributed by atoms with E-state index in [1.807, 2.05) is 0 Å². The summed E-state index contributed by atoms with van der Waals surface area (Å²) < 4.78 is 10.4. The SMILES string of the molecule is C=C(C)C(=O)OCCC([SiH3])O[SiH2]C. The van der Waals surface area contributed by atoms with Gasteiger partial charge in [0.25, 0.3) is 0 Å². The molecule has 0 aliphatic carbocycles. The van der Waals surface area contributed by atoms with Gasteiger partial charge in [-0.3, -0.25) is 0 Å². The van der Waals surface area contributed by atoms with Crippen molar-refractivity contribution < 1.29 is 14.0 Å². The van der Waals surface area contributed by atoms with Crippen molar-refractivity contribution in [3.8, 4) is 0 Å². The second kappa shape index (κ2) is 7.05. The smallest absolute Gasteiger partial charge is 0.333 e. The molecule has 5 heteroatoms. The summed E-state index contributed by atoms with van der Waals surface area (Å²) in [6.45, 7) is 7.70. The fraction of sp³-hybridized carbons (Fsp3) is 0.625. The molecule has 0 aliphatic rings. The molecule has 76 valence electrons. The monoisotopic (exact) mass is 218 g/mol. The average Bonchev–Trinajstić information content (AvgIpc) is 2.04. The Morgan fingerprint density at radius 1 is 1.69 bits per heavy atom. The average molecular weight is 218 g/mol. The number of ether oxygens (including phenoxy) is 1. The third kappa shape index (κ3) is 6.74. The molecule has 0 radical (unpaired) electrons. The normalized spacial score (nSPS) is 13.4. The van der Waals surface area contributed by atoms with Crippen LogP contribution in [0.4, 0.5) is 0 Å². The molecule has 0 amide bonds. The molecule has 0 rings (SSSR count). The first kappa shape index (κ1) is 12.6. The summed E-state index contributed by atoms with van der Waals surface area (Å²) >= 11 is 0. The van der Waals surface area contributed by atoms with Gasteiger partial charge in [-0.05, 0) is 6.92 Å². The molecule has 0 saturated carbocycles. The Bertz CT molecular complexity index is 182. The van der Waals surface area contributed by atoms with Gasteiger partial charge in [-0.1, -0.05) is 13.1 Å². The van der Waals surface area contributed by atoms with Crippen molar-refractivity contribution in [1.29, 1.82) is 0 Å². The van der Waals surface area contributed by atoms with Crippen molar-refractivity contribution in [3.05, 3.63) is 12.2 Å². The molecule has 0 aromatic heterocycles. The van der Waals surface area contributed by atoms with Crippen LogP contribution in [0.15, 0.2) is 12.2 Å². The molecule has 0 aliphatic heterocycles. The highest BCUT2D eigenvalue weighted by Crippen LogP contribution is 1.97. The zero-order valence-electron chi connectivity index (χ0n) is 8.63. The summed E-state index contributed by atoms with van der Waals surface area (Å²) in [4.78, 5) is 10.9. The summed E-state index contributed by atoms with van der Waals surface area (Å²) in [5, 5.41) is 0. The Labute approximate surface area is 84.9 Å². The van der Waals surface area contributed by atoms with E-state index in [1.165, 1.54) is 0 Å². The molecule has 0 aromatic rings. The first-order valence-corrected chi connectivity index (χ1v) is 7.66. The largest absolute Gasteiger partial charge is 0.462 e. The fourth-order valence-electron chi connectivity index (χ4n) is 0.809. The lowest BCUT2D eigenvalue weighted by atomic mass is 10.4. The molecule has 1 atom stereocenters. The highest BCUT2D eigenvalue weighted by atomic mass is 28.2. The summed E-state index contributed by atoms with van der Waals surface area (Å²) in [6, 6.07) is 0. The van der Waals surface area contributed by atoms with Crippen molar-refractivity contribution >= 4 is 26.0 Å². The van der Waals surface area contributed by atoms with Crippen LogP contribution in [0.1, 0.15) is 13.3 Å². The van der Waals surface area contributed by atoms with E-state index in [0.29, 0.717) is 17.9 Å². The van der Waals surface area contributed by atoms with Crippen LogP contribution >= 0.6 is 0 Å². The van der Waals surface area contributed by atoms with Gasteiger partial charge in [-0.25, -0.2) is 4.79 Å². The van der Waals surface area contributed by atoms with Crippen LogP contribution in [0.2, 0.25) is 6.55 Å². The molecule has 13 heavy (non-hydrogen) atoms. The lowest BCUT2D eigenvalue weighted by molar-refractivity contribution is -0.139. The highest BCUT2D eigenvalue weighted by molar-refractivity contribution is 6.26. The lowest BCUT2D eigenvalue weighted by Gasteiger charge is -2.11. The lowest BCUT2D eigenvalue weighted by Crippen LogP contribution is -2.18. The van der Waals surface area contributed by atoms with Crippen LogP contribution in [0.3, 0.4) is 0 Å². The van der Waals surface area contributed by atoms with Crippen molar-refractivity contribution in [2.45, 2.75) is 25.6 Å². The Morgan fingerprint density at radius 3 is 2.77 bits per heavy atom. The fourth-order valence-corrected chi connectivity index (χ4v) is 2.78. The van der Waals surface area contributed by atoms with E-state index in [2.05, 4.69) is 13.1 Å². The zero-order chi connectivity index (χ0) is 10.3. The van der Waals surface area contributed by atoms with E-state index >= 15 is 0 Å². The van der Waals surface area contributed by atoms with Gasteiger partial charge >= 0.3 is 5.97 Å². The number of hydrogen-bond acceptors (Lipinski definition) is 3. The minimum absolute atomic E-state index is 0.303. The van der Waals surface area contributed by atoms with Crippen LogP contribution in [-0.2, 0) is 14.0 Å². The van der Waals surface area contributed by atoms with Crippen LogP contribution in [0.25, 0.3) is 0 Å². The molecule has 0 aromatic carbocycles. The molecular weight excluding hydrogens is 200 g/mol. The van der Waals surface area contributed by atoms with Gasteiger partial charge in [0.15, 0.2) is 9.76 Å². The second-order valence-corrected chi connectivity index (χ2v) is 5.17. The highest BCUT2D eigenvalue weighted by Gasteiger charge is 2.05. The zero-order valence-corrected chi connectivity index (χ0v) is 12.0. The Kier molecular flexibility index (Phi) is 6.84. The minimum atomic E-state index is -0.320. The van der Waals surface area contributed by atoms with Gasteiger partial charge in [0.05, 0.1) is 6.61 Å². The van der Waals surface area contributed by atoms with Gasteiger partial charge in [-0.15, -0.1) is 0 Å². The molecular formula is C8H18O3Si2. The van der Waals surface area contributed by atoms with E-state index in [0.717, 1.165) is 16.7 Å². The molecule has 0 fully saturated rings. The molecule has 0 N–H and O–H groups in total. The Balaban J connectivity index is 3.44. The van der Waals surface area contributed by atoms with Gasteiger partial charge in [0.2, 0.25) is 0 Å². The number of carbonyl (C=O) groups excluding carboxylic acids is 1. The van der Waals surface area contributed by atoms with Crippen LogP contribution < -0.4 is 0 Å². The third-order valence-electron chi connectivity index (χ3n) is 1.56. The summed E-state index contributed by atoms with van der Waals surface area (Å²) in [6.07, 6.45) is 0.825. The summed E-state index contributed by atoms with van der Waals surface area (Å²) in [5.74, 6) is -0.303. The maximum Gasteiger partial charge on any atom is 0.333 e. The minimum Gasteiger partial charge on any atom is -0.462 e. The maximum absolute atomic E-state index is 10.9. The Hall–Kier alpha value is -0.396. The molecule has 3 nitrogen and oxygen atoms in total. The van der Waals surface area contributed by atoms with Crippen molar-refractivity contribution in [3.63, 3.8) is 0 Å². The summed E-state index contributed by atoms with van der Waals surface area (Å²) in [5.41, 5.74) is 0.797.